The average Bonchev–Trinajstić information content (AvgIpc) is 2.18. The lowest BCUT2D eigenvalue weighted by Crippen LogP contribution is -2.40. The fraction of sp³-hybridized carbons (Fsp3) is 0.800. The highest BCUT2D eigenvalue weighted by Gasteiger charge is 2.22. The molecule has 0 aromatic carbocycles. The van der Waals surface area contributed by atoms with E-state index >= 15 is 0 Å². The maximum absolute atomic E-state index is 11.2. The molecule has 1 fully saturated rings. The molecule has 4 nitrogen and oxygen atoms in total. The first kappa shape index (κ1) is 12.4. The van der Waals surface area contributed by atoms with Crippen molar-refractivity contribution in [1.82, 2.24) is 4.90 Å². The van der Waals surface area contributed by atoms with Crippen LogP contribution in [0.5, 0.6) is 0 Å². The van der Waals surface area contributed by atoms with Crippen molar-refractivity contribution < 1.29 is 9.53 Å². The van der Waals surface area contributed by atoms with Crippen LogP contribution >= 0.6 is 12.2 Å². The number of piperidine rings is 1. The molecule has 0 amide bonds. The smallest absolute Gasteiger partial charge is 0.320 e. The van der Waals surface area contributed by atoms with E-state index in [1.54, 1.807) is 0 Å². The number of ether oxygens (including phenoxy) is 1. The van der Waals surface area contributed by atoms with Gasteiger partial charge >= 0.3 is 5.97 Å². The summed E-state index contributed by atoms with van der Waals surface area (Å²) in [5.41, 5.74) is 5.58. The molecule has 0 aromatic rings. The first-order valence-corrected chi connectivity index (χ1v) is 5.71. The van der Waals surface area contributed by atoms with Crippen LogP contribution in [0.25, 0.3) is 0 Å². The molecule has 0 aromatic heterocycles. The summed E-state index contributed by atoms with van der Waals surface area (Å²) >= 11 is 4.95. The molecule has 86 valence electrons. The summed E-state index contributed by atoms with van der Waals surface area (Å²) in [6.45, 7) is 4.40. The second-order valence-corrected chi connectivity index (χ2v) is 4.23. The predicted octanol–water partition coefficient (Wildman–Crippen LogP) is 0.548. The summed E-state index contributed by atoms with van der Waals surface area (Å²) in [6, 6.07) is 0. The van der Waals surface area contributed by atoms with E-state index in [1.165, 1.54) is 0 Å². The van der Waals surface area contributed by atoms with Crippen LogP contribution in [0.1, 0.15) is 19.8 Å². The van der Waals surface area contributed by atoms with Gasteiger partial charge in [-0.15, -0.1) is 0 Å². The van der Waals surface area contributed by atoms with Gasteiger partial charge in [-0.05, 0) is 32.9 Å². The van der Waals surface area contributed by atoms with E-state index in [4.69, 9.17) is 22.7 Å². The SMILES string of the molecule is CCOC(=O)CN1CCC(C(N)=S)CC1. The Morgan fingerprint density at radius 3 is 2.60 bits per heavy atom. The number of carbonyl (C=O) groups excluding carboxylic acids is 1. The lowest BCUT2D eigenvalue weighted by molar-refractivity contribution is -0.144. The van der Waals surface area contributed by atoms with E-state index in [2.05, 4.69) is 4.90 Å². The number of esters is 1. The van der Waals surface area contributed by atoms with Gasteiger partial charge in [0.05, 0.1) is 18.1 Å². The Morgan fingerprint density at radius 2 is 2.13 bits per heavy atom. The third kappa shape index (κ3) is 4.13. The molecule has 1 heterocycles. The first-order valence-electron chi connectivity index (χ1n) is 5.30. The number of likely N-dealkylation sites (tertiary alicyclic amines) is 1. The van der Waals surface area contributed by atoms with E-state index < -0.39 is 0 Å². The third-order valence-corrected chi connectivity index (χ3v) is 2.98. The third-order valence-electron chi connectivity index (χ3n) is 2.65. The molecular weight excluding hydrogens is 212 g/mol. The number of thiocarbonyl (C=S) groups is 1. The quantitative estimate of drug-likeness (QED) is 0.564. The van der Waals surface area contributed by atoms with Crippen LogP contribution < -0.4 is 5.73 Å². The highest BCUT2D eigenvalue weighted by atomic mass is 32.1. The van der Waals surface area contributed by atoms with Crippen LogP contribution in [0.15, 0.2) is 0 Å². The van der Waals surface area contributed by atoms with Crippen molar-refractivity contribution in [2.75, 3.05) is 26.2 Å². The standard InChI is InChI=1S/C10H18N2O2S/c1-2-14-9(13)7-12-5-3-8(4-6-12)10(11)15/h8H,2-7H2,1H3,(H2,11,15). The van der Waals surface area contributed by atoms with Gasteiger partial charge in [0.15, 0.2) is 0 Å². The zero-order valence-electron chi connectivity index (χ0n) is 9.07. The van der Waals surface area contributed by atoms with E-state index in [9.17, 15) is 4.79 Å². The number of nitrogens with zero attached hydrogens (tertiary/aromatic N) is 1. The van der Waals surface area contributed by atoms with E-state index in [0.29, 0.717) is 24.1 Å². The highest BCUT2D eigenvalue weighted by Crippen LogP contribution is 2.16. The number of carbonyl (C=O) groups is 1. The van der Waals surface area contributed by atoms with Gasteiger partial charge in [-0.1, -0.05) is 12.2 Å². The van der Waals surface area contributed by atoms with Crippen molar-refractivity contribution >= 4 is 23.2 Å². The molecule has 0 radical (unpaired) electrons. The van der Waals surface area contributed by atoms with Crippen LogP contribution in [-0.2, 0) is 9.53 Å². The van der Waals surface area contributed by atoms with Gasteiger partial charge < -0.3 is 10.5 Å². The Balaban J connectivity index is 2.25. The molecular formula is C10H18N2O2S. The van der Waals surface area contributed by atoms with Gasteiger partial charge in [0.25, 0.3) is 0 Å². The molecule has 0 bridgehead atoms. The van der Waals surface area contributed by atoms with Gasteiger partial charge in [0.1, 0.15) is 0 Å². The maximum Gasteiger partial charge on any atom is 0.320 e. The molecule has 1 aliphatic rings. The van der Waals surface area contributed by atoms with Crippen molar-refractivity contribution in [3.8, 4) is 0 Å². The zero-order valence-corrected chi connectivity index (χ0v) is 9.89. The monoisotopic (exact) mass is 230 g/mol. The van der Waals surface area contributed by atoms with Crippen LogP contribution in [0.4, 0.5) is 0 Å². The van der Waals surface area contributed by atoms with Crippen molar-refractivity contribution in [2.45, 2.75) is 19.8 Å². The molecule has 0 saturated carbocycles. The van der Waals surface area contributed by atoms with E-state index in [1.807, 2.05) is 6.92 Å². The summed E-state index contributed by atoms with van der Waals surface area (Å²) in [6.07, 6.45) is 1.91. The Morgan fingerprint density at radius 1 is 1.53 bits per heavy atom. The summed E-state index contributed by atoms with van der Waals surface area (Å²) in [7, 11) is 0. The van der Waals surface area contributed by atoms with E-state index in [-0.39, 0.29) is 5.97 Å². The Bertz CT molecular complexity index is 238. The van der Waals surface area contributed by atoms with Gasteiger partial charge in [-0.3, -0.25) is 9.69 Å². The van der Waals surface area contributed by atoms with Gasteiger partial charge in [-0.2, -0.15) is 0 Å². The van der Waals surface area contributed by atoms with Crippen LogP contribution in [0.2, 0.25) is 0 Å². The normalized spacial score (nSPS) is 18.7. The Hall–Kier alpha value is -0.680. The second kappa shape index (κ2) is 6.02. The van der Waals surface area contributed by atoms with Crippen molar-refractivity contribution in [1.29, 1.82) is 0 Å². The molecule has 0 atom stereocenters. The molecule has 1 rings (SSSR count). The lowest BCUT2D eigenvalue weighted by Gasteiger charge is -2.30. The van der Waals surface area contributed by atoms with Crippen LogP contribution in [0.3, 0.4) is 0 Å². The van der Waals surface area contributed by atoms with Gasteiger partial charge in [0.2, 0.25) is 0 Å². The molecule has 2 N–H and O–H groups in total. The van der Waals surface area contributed by atoms with Crippen LogP contribution in [-0.4, -0.2) is 42.1 Å². The van der Waals surface area contributed by atoms with Crippen molar-refractivity contribution in [2.24, 2.45) is 11.7 Å². The fourth-order valence-electron chi connectivity index (χ4n) is 1.76. The predicted molar refractivity (Wildman–Crippen MR) is 62.6 cm³/mol. The first-order chi connectivity index (χ1) is 7.13. The molecule has 0 aliphatic carbocycles. The molecule has 5 heteroatoms. The minimum absolute atomic E-state index is 0.147. The zero-order chi connectivity index (χ0) is 11.3. The average molecular weight is 230 g/mol. The topological polar surface area (TPSA) is 55.6 Å². The van der Waals surface area contributed by atoms with E-state index in [0.717, 1.165) is 25.9 Å². The minimum atomic E-state index is -0.147. The minimum Gasteiger partial charge on any atom is -0.465 e. The summed E-state index contributed by atoms with van der Waals surface area (Å²) in [5, 5.41) is 0. The Labute approximate surface area is 95.8 Å². The van der Waals surface area contributed by atoms with Crippen LogP contribution in [0, 0.1) is 5.92 Å². The number of rotatable bonds is 4. The highest BCUT2D eigenvalue weighted by molar-refractivity contribution is 7.80. The van der Waals surface area contributed by atoms with Gasteiger partial charge in [0, 0.05) is 5.92 Å². The Kier molecular flexibility index (Phi) is 4.98. The summed E-state index contributed by atoms with van der Waals surface area (Å²) < 4.78 is 4.89. The number of hydrogen-bond acceptors (Lipinski definition) is 4. The molecule has 15 heavy (non-hydrogen) atoms. The maximum atomic E-state index is 11.2. The number of hydrogen-bond donors (Lipinski definition) is 1. The van der Waals surface area contributed by atoms with Crippen molar-refractivity contribution in [3.05, 3.63) is 0 Å². The second-order valence-electron chi connectivity index (χ2n) is 3.76. The molecule has 1 aliphatic heterocycles. The molecule has 0 unspecified atom stereocenters. The summed E-state index contributed by atoms with van der Waals surface area (Å²) in [4.78, 5) is 13.9. The van der Waals surface area contributed by atoms with Gasteiger partial charge in [-0.25, -0.2) is 0 Å². The van der Waals surface area contributed by atoms with Crippen molar-refractivity contribution in [3.63, 3.8) is 0 Å². The molecule has 0 spiro atoms. The summed E-state index contributed by atoms with van der Waals surface area (Å²) in [5.74, 6) is 0.199. The largest absolute Gasteiger partial charge is 0.465 e. The lowest BCUT2D eigenvalue weighted by atomic mass is 9.97. The fourth-order valence-corrected chi connectivity index (χ4v) is 2.00. The number of nitrogens with two attached hydrogens (primary N) is 1. The molecule has 1 saturated heterocycles.